The maximum atomic E-state index is 4.71. The Morgan fingerprint density at radius 2 is 1.61 bits per heavy atom. The maximum Gasteiger partial charge on any atom is 0.115 e. The van der Waals surface area contributed by atoms with Crippen molar-refractivity contribution >= 4 is 11.0 Å². The molecule has 0 unspecified atom stereocenters. The van der Waals surface area contributed by atoms with Crippen LogP contribution in [0.4, 0.5) is 0 Å². The summed E-state index contributed by atoms with van der Waals surface area (Å²) in [5.74, 6) is 1.10. The zero-order valence-corrected chi connectivity index (χ0v) is 12.5. The Hall–Kier alpha value is -1.38. The number of aromatic nitrogens is 3. The fourth-order valence-electron chi connectivity index (χ4n) is 2.18. The summed E-state index contributed by atoms with van der Waals surface area (Å²) in [6.07, 6.45) is 1.89. The second kappa shape index (κ2) is 3.81. The molecule has 0 spiro atoms. The molecule has 0 bridgehead atoms. The lowest BCUT2D eigenvalue weighted by molar-refractivity contribution is 0.526. The number of hydrogen-bond acceptors (Lipinski definition) is 2. The Morgan fingerprint density at radius 3 is 2.11 bits per heavy atom. The SMILES string of the molecule is Cn1c(C(C)(C)C)nc2cnc(C(C)(C)C)cc21. The Bertz CT molecular complexity index is 580. The van der Waals surface area contributed by atoms with Gasteiger partial charge >= 0.3 is 0 Å². The molecule has 0 aliphatic heterocycles. The summed E-state index contributed by atoms with van der Waals surface area (Å²) in [4.78, 5) is 9.25. The molecule has 0 saturated carbocycles. The molecule has 0 saturated heterocycles. The monoisotopic (exact) mass is 245 g/mol. The molecule has 0 radical (unpaired) electrons. The van der Waals surface area contributed by atoms with Crippen LogP contribution in [0.15, 0.2) is 12.3 Å². The lowest BCUT2D eigenvalue weighted by Crippen LogP contribution is -2.17. The average Bonchev–Trinajstić information content (AvgIpc) is 2.54. The van der Waals surface area contributed by atoms with Gasteiger partial charge < -0.3 is 4.57 Å². The Labute approximate surface area is 109 Å². The highest BCUT2D eigenvalue weighted by molar-refractivity contribution is 5.75. The van der Waals surface area contributed by atoms with Crippen LogP contribution >= 0.6 is 0 Å². The van der Waals surface area contributed by atoms with Crippen LogP contribution in [0.5, 0.6) is 0 Å². The molecule has 0 aliphatic rings. The van der Waals surface area contributed by atoms with Gasteiger partial charge in [0.2, 0.25) is 0 Å². The maximum absolute atomic E-state index is 4.71. The molecule has 0 fully saturated rings. The van der Waals surface area contributed by atoms with Gasteiger partial charge in [-0.3, -0.25) is 4.98 Å². The molecule has 3 nitrogen and oxygen atoms in total. The molecule has 0 amide bonds. The van der Waals surface area contributed by atoms with E-state index in [0.717, 1.165) is 17.0 Å². The van der Waals surface area contributed by atoms with E-state index >= 15 is 0 Å². The van der Waals surface area contributed by atoms with Crippen LogP contribution in [0.25, 0.3) is 11.0 Å². The third-order valence-corrected chi connectivity index (χ3v) is 3.21. The number of fused-ring (bicyclic) bond motifs is 1. The Kier molecular flexibility index (Phi) is 2.76. The van der Waals surface area contributed by atoms with E-state index in [4.69, 9.17) is 4.98 Å². The predicted octanol–water partition coefficient (Wildman–Crippen LogP) is 3.56. The van der Waals surface area contributed by atoms with Crippen molar-refractivity contribution in [1.82, 2.24) is 14.5 Å². The molecule has 3 heteroatoms. The molecule has 2 heterocycles. The van der Waals surface area contributed by atoms with Crippen LogP contribution in [0.3, 0.4) is 0 Å². The van der Waals surface area contributed by atoms with Crippen molar-refractivity contribution in [2.75, 3.05) is 0 Å². The van der Waals surface area contributed by atoms with Gasteiger partial charge in [-0.25, -0.2) is 4.98 Å². The molecule has 0 atom stereocenters. The van der Waals surface area contributed by atoms with Gasteiger partial charge in [0.15, 0.2) is 0 Å². The van der Waals surface area contributed by atoms with E-state index in [2.05, 4.69) is 64.2 Å². The van der Waals surface area contributed by atoms with Crippen molar-refractivity contribution in [3.8, 4) is 0 Å². The molecular formula is C15H23N3. The van der Waals surface area contributed by atoms with E-state index in [1.165, 1.54) is 5.52 Å². The van der Waals surface area contributed by atoms with Crippen molar-refractivity contribution in [2.45, 2.75) is 52.4 Å². The lowest BCUT2D eigenvalue weighted by Gasteiger charge is -2.18. The highest BCUT2D eigenvalue weighted by Crippen LogP contribution is 2.28. The van der Waals surface area contributed by atoms with Gasteiger partial charge in [-0.2, -0.15) is 0 Å². The molecule has 0 aliphatic carbocycles. The minimum absolute atomic E-state index is 0.0513. The summed E-state index contributed by atoms with van der Waals surface area (Å²) in [6.45, 7) is 13.1. The average molecular weight is 245 g/mol. The Morgan fingerprint density at radius 1 is 1.00 bits per heavy atom. The number of aryl methyl sites for hydroxylation is 1. The van der Waals surface area contributed by atoms with Crippen molar-refractivity contribution < 1.29 is 0 Å². The third-order valence-electron chi connectivity index (χ3n) is 3.21. The van der Waals surface area contributed by atoms with Gasteiger partial charge in [-0.15, -0.1) is 0 Å². The van der Waals surface area contributed by atoms with Crippen LogP contribution in [0.2, 0.25) is 0 Å². The second-order valence-corrected chi connectivity index (χ2v) is 7.05. The second-order valence-electron chi connectivity index (χ2n) is 7.05. The van der Waals surface area contributed by atoms with Gasteiger partial charge in [0.05, 0.1) is 11.7 Å². The minimum atomic E-state index is 0.0513. The summed E-state index contributed by atoms with van der Waals surface area (Å²) in [5, 5.41) is 0. The van der Waals surface area contributed by atoms with Crippen LogP contribution in [-0.4, -0.2) is 14.5 Å². The van der Waals surface area contributed by atoms with Crippen molar-refractivity contribution in [2.24, 2.45) is 7.05 Å². The first kappa shape index (κ1) is 13.1. The van der Waals surface area contributed by atoms with Crippen LogP contribution < -0.4 is 0 Å². The van der Waals surface area contributed by atoms with Crippen LogP contribution in [0, 0.1) is 0 Å². The minimum Gasteiger partial charge on any atom is -0.331 e. The molecular weight excluding hydrogens is 222 g/mol. The fraction of sp³-hybridized carbons (Fsp3) is 0.600. The smallest absolute Gasteiger partial charge is 0.115 e. The van der Waals surface area contributed by atoms with E-state index in [0.29, 0.717) is 0 Å². The largest absolute Gasteiger partial charge is 0.331 e. The summed E-state index contributed by atoms with van der Waals surface area (Å²) < 4.78 is 2.19. The standard InChI is InChI=1S/C15H23N3/c1-14(2,3)12-8-11-10(9-16-12)17-13(18(11)7)15(4,5)6/h8-9H,1-7H3. The zero-order chi connectivity index (χ0) is 13.7. The Balaban J connectivity index is 2.68. The number of nitrogens with zero attached hydrogens (tertiary/aromatic N) is 3. The normalized spacial score (nSPS) is 13.3. The summed E-state index contributed by atoms with van der Waals surface area (Å²) >= 11 is 0. The van der Waals surface area contributed by atoms with E-state index in [-0.39, 0.29) is 10.8 Å². The van der Waals surface area contributed by atoms with Gasteiger partial charge in [0.25, 0.3) is 0 Å². The fourth-order valence-corrected chi connectivity index (χ4v) is 2.18. The van der Waals surface area contributed by atoms with Crippen molar-refractivity contribution in [3.63, 3.8) is 0 Å². The first-order valence-corrected chi connectivity index (χ1v) is 6.44. The molecule has 2 aromatic rings. The summed E-state index contributed by atoms with van der Waals surface area (Å²) in [5.41, 5.74) is 3.38. The van der Waals surface area contributed by atoms with E-state index in [1.54, 1.807) is 0 Å². The zero-order valence-electron chi connectivity index (χ0n) is 12.5. The molecule has 0 aromatic carbocycles. The van der Waals surface area contributed by atoms with Gasteiger partial charge in [0.1, 0.15) is 11.3 Å². The molecule has 2 aromatic heterocycles. The highest BCUT2D eigenvalue weighted by Gasteiger charge is 2.23. The van der Waals surface area contributed by atoms with Crippen molar-refractivity contribution in [1.29, 1.82) is 0 Å². The number of imidazole rings is 1. The van der Waals surface area contributed by atoms with Crippen LogP contribution in [-0.2, 0) is 17.9 Å². The number of hydrogen-bond donors (Lipinski definition) is 0. The predicted molar refractivity (Wildman–Crippen MR) is 75.9 cm³/mol. The number of pyridine rings is 1. The topological polar surface area (TPSA) is 30.7 Å². The van der Waals surface area contributed by atoms with Gasteiger partial charge in [-0.05, 0) is 6.07 Å². The molecule has 2 rings (SSSR count). The first-order chi connectivity index (χ1) is 8.10. The summed E-state index contributed by atoms with van der Waals surface area (Å²) in [6, 6.07) is 2.16. The molecule has 0 N–H and O–H groups in total. The van der Waals surface area contributed by atoms with E-state index in [9.17, 15) is 0 Å². The quantitative estimate of drug-likeness (QED) is 0.710. The van der Waals surface area contributed by atoms with E-state index in [1.807, 2.05) is 6.20 Å². The molecule has 18 heavy (non-hydrogen) atoms. The summed E-state index contributed by atoms with van der Waals surface area (Å²) in [7, 11) is 2.09. The van der Waals surface area contributed by atoms with Gasteiger partial charge in [-0.1, -0.05) is 41.5 Å². The van der Waals surface area contributed by atoms with Crippen LogP contribution in [0.1, 0.15) is 53.1 Å². The van der Waals surface area contributed by atoms with E-state index < -0.39 is 0 Å². The first-order valence-electron chi connectivity index (χ1n) is 6.44. The highest BCUT2D eigenvalue weighted by atomic mass is 15.1. The third kappa shape index (κ3) is 2.14. The van der Waals surface area contributed by atoms with Gasteiger partial charge in [0, 0.05) is 23.6 Å². The number of rotatable bonds is 0. The molecule has 98 valence electrons. The van der Waals surface area contributed by atoms with Crippen molar-refractivity contribution in [3.05, 3.63) is 23.8 Å². The lowest BCUT2D eigenvalue weighted by atomic mass is 9.91.